The fourth-order valence-corrected chi connectivity index (χ4v) is 3.45. The van der Waals surface area contributed by atoms with Crippen LogP contribution in [-0.4, -0.2) is 36.9 Å². The molecule has 4 rings (SSSR count). The molecular formula is C19H21N5O. The third-order valence-electron chi connectivity index (χ3n) is 4.72. The molecule has 1 amide bonds. The lowest BCUT2D eigenvalue weighted by Gasteiger charge is -2.24. The van der Waals surface area contributed by atoms with Crippen LogP contribution in [0.2, 0.25) is 0 Å². The molecule has 1 unspecified atom stereocenters. The first-order chi connectivity index (χ1) is 12.1. The molecule has 1 aliphatic heterocycles. The number of hydrogen-bond donors (Lipinski definition) is 0. The van der Waals surface area contributed by atoms with Crippen molar-refractivity contribution in [3.63, 3.8) is 0 Å². The molecule has 0 spiro atoms. The summed E-state index contributed by atoms with van der Waals surface area (Å²) in [6.07, 6.45) is 7.79. The van der Waals surface area contributed by atoms with Crippen LogP contribution >= 0.6 is 0 Å². The zero-order chi connectivity index (χ0) is 17.4. The van der Waals surface area contributed by atoms with Crippen molar-refractivity contribution in [3.8, 4) is 5.69 Å². The van der Waals surface area contributed by atoms with E-state index < -0.39 is 0 Å². The summed E-state index contributed by atoms with van der Waals surface area (Å²) in [6, 6.07) is 9.72. The molecule has 6 nitrogen and oxygen atoms in total. The standard InChI is InChI=1S/C19H21N5O/c1-14-9-11-24(21-14)17-7-5-15(6-8-17)19(25)23-10-3-4-18(23)16-12-20-22(2)13-16/h5-9,11-13,18H,3-4,10H2,1-2H3. The van der Waals surface area contributed by atoms with Crippen molar-refractivity contribution in [1.29, 1.82) is 0 Å². The van der Waals surface area contributed by atoms with E-state index in [2.05, 4.69) is 10.2 Å². The summed E-state index contributed by atoms with van der Waals surface area (Å²) in [6.45, 7) is 2.75. The minimum absolute atomic E-state index is 0.0783. The number of amides is 1. The van der Waals surface area contributed by atoms with Gasteiger partial charge in [0, 0.05) is 37.1 Å². The zero-order valence-corrected chi connectivity index (χ0v) is 14.5. The summed E-state index contributed by atoms with van der Waals surface area (Å²) >= 11 is 0. The SMILES string of the molecule is Cc1ccn(-c2ccc(C(=O)N3CCCC3c3cnn(C)c3)cc2)n1. The molecule has 3 aromatic rings. The number of aromatic nitrogens is 4. The fourth-order valence-electron chi connectivity index (χ4n) is 3.45. The van der Waals surface area contributed by atoms with E-state index in [9.17, 15) is 4.79 Å². The molecule has 1 aromatic carbocycles. The number of carbonyl (C=O) groups excluding carboxylic acids is 1. The Balaban J connectivity index is 1.55. The Bertz CT molecular complexity index is 893. The largest absolute Gasteiger partial charge is 0.331 e. The second-order valence-electron chi connectivity index (χ2n) is 6.55. The molecule has 1 saturated heterocycles. The Kier molecular flexibility index (Phi) is 3.87. The van der Waals surface area contributed by atoms with E-state index in [0.29, 0.717) is 5.56 Å². The van der Waals surface area contributed by atoms with Gasteiger partial charge in [-0.2, -0.15) is 10.2 Å². The van der Waals surface area contributed by atoms with Gasteiger partial charge in [0.15, 0.2) is 0 Å². The van der Waals surface area contributed by atoms with E-state index in [-0.39, 0.29) is 11.9 Å². The molecule has 1 fully saturated rings. The van der Waals surface area contributed by atoms with E-state index in [1.807, 2.05) is 72.5 Å². The van der Waals surface area contributed by atoms with E-state index >= 15 is 0 Å². The Labute approximate surface area is 146 Å². The monoisotopic (exact) mass is 335 g/mol. The summed E-state index contributed by atoms with van der Waals surface area (Å²) in [4.78, 5) is 14.9. The Morgan fingerprint density at radius 2 is 2.00 bits per heavy atom. The molecule has 3 heterocycles. The molecule has 0 bridgehead atoms. The Morgan fingerprint density at radius 3 is 2.64 bits per heavy atom. The summed E-state index contributed by atoms with van der Waals surface area (Å²) in [5, 5.41) is 8.64. The van der Waals surface area contributed by atoms with Crippen LogP contribution in [0.15, 0.2) is 48.9 Å². The van der Waals surface area contributed by atoms with Gasteiger partial charge in [0.05, 0.1) is 23.6 Å². The summed E-state index contributed by atoms with van der Waals surface area (Å²) < 4.78 is 3.61. The van der Waals surface area contributed by atoms with Gasteiger partial charge < -0.3 is 4.90 Å². The van der Waals surface area contributed by atoms with Crippen molar-refractivity contribution in [2.75, 3.05) is 6.54 Å². The quantitative estimate of drug-likeness (QED) is 0.739. The maximum absolute atomic E-state index is 13.0. The van der Waals surface area contributed by atoms with Crippen LogP contribution in [0, 0.1) is 6.92 Å². The molecule has 2 aromatic heterocycles. The average Bonchev–Trinajstić information content (AvgIpc) is 3.34. The van der Waals surface area contributed by atoms with Crippen molar-refractivity contribution in [3.05, 3.63) is 65.7 Å². The minimum atomic E-state index is 0.0783. The predicted molar refractivity (Wildman–Crippen MR) is 94.5 cm³/mol. The lowest BCUT2D eigenvalue weighted by Crippen LogP contribution is -2.30. The Morgan fingerprint density at radius 1 is 1.20 bits per heavy atom. The molecule has 128 valence electrons. The van der Waals surface area contributed by atoms with Crippen molar-refractivity contribution < 1.29 is 4.79 Å². The highest BCUT2D eigenvalue weighted by molar-refractivity contribution is 5.94. The summed E-state index contributed by atoms with van der Waals surface area (Å²) in [7, 11) is 1.90. The van der Waals surface area contributed by atoms with Crippen LogP contribution in [0.5, 0.6) is 0 Å². The van der Waals surface area contributed by atoms with Gasteiger partial charge in [0.1, 0.15) is 0 Å². The third kappa shape index (κ3) is 2.95. The smallest absolute Gasteiger partial charge is 0.254 e. The maximum atomic E-state index is 13.0. The highest BCUT2D eigenvalue weighted by Crippen LogP contribution is 2.32. The molecule has 25 heavy (non-hydrogen) atoms. The normalized spacial score (nSPS) is 17.2. The second kappa shape index (κ2) is 6.20. The number of nitrogens with zero attached hydrogens (tertiary/aromatic N) is 5. The van der Waals surface area contributed by atoms with Gasteiger partial charge >= 0.3 is 0 Å². The van der Waals surface area contributed by atoms with Gasteiger partial charge in [-0.25, -0.2) is 4.68 Å². The van der Waals surface area contributed by atoms with E-state index in [0.717, 1.165) is 36.3 Å². The molecule has 0 N–H and O–H groups in total. The highest BCUT2D eigenvalue weighted by Gasteiger charge is 2.31. The molecule has 0 radical (unpaired) electrons. The number of aryl methyl sites for hydroxylation is 2. The fraction of sp³-hybridized carbons (Fsp3) is 0.316. The summed E-state index contributed by atoms with van der Waals surface area (Å²) in [5.41, 5.74) is 3.74. The number of hydrogen-bond acceptors (Lipinski definition) is 3. The first kappa shape index (κ1) is 15.6. The first-order valence-electron chi connectivity index (χ1n) is 8.54. The number of likely N-dealkylation sites (tertiary alicyclic amines) is 1. The number of carbonyl (C=O) groups is 1. The Hall–Kier alpha value is -2.89. The van der Waals surface area contributed by atoms with Crippen molar-refractivity contribution in [2.24, 2.45) is 7.05 Å². The van der Waals surface area contributed by atoms with Gasteiger partial charge in [-0.15, -0.1) is 0 Å². The van der Waals surface area contributed by atoms with Crippen LogP contribution in [0.25, 0.3) is 5.69 Å². The predicted octanol–water partition coefficient (Wildman–Crippen LogP) is 2.89. The summed E-state index contributed by atoms with van der Waals surface area (Å²) in [5.74, 6) is 0.0783. The first-order valence-corrected chi connectivity index (χ1v) is 8.54. The second-order valence-corrected chi connectivity index (χ2v) is 6.55. The molecule has 6 heteroatoms. The number of rotatable bonds is 3. The van der Waals surface area contributed by atoms with Crippen LogP contribution in [0.1, 0.15) is 40.5 Å². The number of benzene rings is 1. The van der Waals surface area contributed by atoms with Crippen molar-refractivity contribution in [1.82, 2.24) is 24.5 Å². The van der Waals surface area contributed by atoms with Crippen LogP contribution in [0.3, 0.4) is 0 Å². The van der Waals surface area contributed by atoms with Crippen molar-refractivity contribution in [2.45, 2.75) is 25.8 Å². The van der Waals surface area contributed by atoms with Crippen LogP contribution in [0.4, 0.5) is 0 Å². The molecular weight excluding hydrogens is 314 g/mol. The average molecular weight is 335 g/mol. The van der Waals surface area contributed by atoms with Gasteiger partial charge in [-0.05, 0) is 50.1 Å². The van der Waals surface area contributed by atoms with Gasteiger partial charge in [0.25, 0.3) is 5.91 Å². The zero-order valence-electron chi connectivity index (χ0n) is 14.5. The molecule has 1 atom stereocenters. The van der Waals surface area contributed by atoms with E-state index in [4.69, 9.17) is 0 Å². The van der Waals surface area contributed by atoms with Crippen LogP contribution < -0.4 is 0 Å². The lowest BCUT2D eigenvalue weighted by atomic mass is 10.1. The van der Waals surface area contributed by atoms with Gasteiger partial charge in [-0.3, -0.25) is 9.48 Å². The molecule has 1 aliphatic rings. The molecule has 0 saturated carbocycles. The third-order valence-corrected chi connectivity index (χ3v) is 4.72. The maximum Gasteiger partial charge on any atom is 0.254 e. The molecule has 0 aliphatic carbocycles. The van der Waals surface area contributed by atoms with Crippen LogP contribution in [-0.2, 0) is 7.05 Å². The van der Waals surface area contributed by atoms with Gasteiger partial charge in [0.2, 0.25) is 0 Å². The van der Waals surface area contributed by atoms with Gasteiger partial charge in [-0.1, -0.05) is 0 Å². The minimum Gasteiger partial charge on any atom is -0.331 e. The lowest BCUT2D eigenvalue weighted by molar-refractivity contribution is 0.0735. The van der Waals surface area contributed by atoms with E-state index in [1.54, 1.807) is 4.68 Å². The van der Waals surface area contributed by atoms with E-state index in [1.165, 1.54) is 0 Å². The topological polar surface area (TPSA) is 56.0 Å². The van der Waals surface area contributed by atoms with Crippen molar-refractivity contribution >= 4 is 5.91 Å². The highest BCUT2D eigenvalue weighted by atomic mass is 16.2.